The molecule has 3 atom stereocenters. The summed E-state index contributed by atoms with van der Waals surface area (Å²) in [6.45, 7) is 3.89. The third kappa shape index (κ3) is 3.97. The molecule has 3 fully saturated rings. The van der Waals surface area contributed by atoms with Crippen molar-refractivity contribution in [3.63, 3.8) is 0 Å². The van der Waals surface area contributed by atoms with Gasteiger partial charge in [0.25, 0.3) is 0 Å². The number of aliphatic imine (C=N–C) groups is 1. The van der Waals surface area contributed by atoms with E-state index in [0.29, 0.717) is 18.2 Å². The summed E-state index contributed by atoms with van der Waals surface area (Å²) in [5, 5.41) is 7.06. The average molecular weight is 455 g/mol. The van der Waals surface area contributed by atoms with Crippen molar-refractivity contribution in [2.75, 3.05) is 13.1 Å². The lowest BCUT2D eigenvalue weighted by Crippen LogP contribution is -2.48. The van der Waals surface area contributed by atoms with Crippen molar-refractivity contribution in [1.82, 2.24) is 10.6 Å². The van der Waals surface area contributed by atoms with Gasteiger partial charge in [-0.25, -0.2) is 0 Å². The fourth-order valence-electron chi connectivity index (χ4n) is 4.45. The first kappa shape index (κ1) is 19.0. The average Bonchev–Trinajstić information content (AvgIpc) is 3.18. The summed E-state index contributed by atoms with van der Waals surface area (Å²) in [4.78, 5) is 4.97. The smallest absolute Gasteiger partial charge is 0.191 e. The van der Waals surface area contributed by atoms with Crippen LogP contribution in [0.1, 0.15) is 51.0 Å². The number of nitrogens with one attached hydrogen (secondary N) is 2. The molecule has 25 heavy (non-hydrogen) atoms. The largest absolute Gasteiger partial charge is 0.373 e. The predicted octanol–water partition coefficient (Wildman–Crippen LogP) is 3.60. The number of rotatable bonds is 5. The minimum atomic E-state index is 0. The molecule has 0 aromatic heterocycles. The molecule has 1 aliphatic carbocycles. The molecule has 3 unspecified atom stereocenters. The van der Waals surface area contributed by atoms with Gasteiger partial charge in [0.05, 0.1) is 24.8 Å². The highest BCUT2D eigenvalue weighted by molar-refractivity contribution is 14.0. The molecule has 1 saturated carbocycles. The Morgan fingerprint density at radius 1 is 1.24 bits per heavy atom. The summed E-state index contributed by atoms with van der Waals surface area (Å²) >= 11 is 0. The fourth-order valence-corrected chi connectivity index (χ4v) is 4.45. The van der Waals surface area contributed by atoms with Gasteiger partial charge in [-0.3, -0.25) is 4.99 Å². The molecule has 3 aliphatic rings. The van der Waals surface area contributed by atoms with Gasteiger partial charge in [-0.15, -0.1) is 24.0 Å². The zero-order valence-corrected chi connectivity index (χ0v) is 17.4. The van der Waals surface area contributed by atoms with Crippen LogP contribution in [0, 0.1) is 0 Å². The number of benzene rings is 1. The Hall–Kier alpha value is -0.820. The lowest BCUT2D eigenvalue weighted by molar-refractivity contribution is 0.0992. The van der Waals surface area contributed by atoms with E-state index in [1.807, 2.05) is 0 Å². The Balaban J connectivity index is 0.00000182. The molecular formula is C20H30IN3O. The van der Waals surface area contributed by atoms with Crippen LogP contribution in [0.25, 0.3) is 0 Å². The van der Waals surface area contributed by atoms with Gasteiger partial charge >= 0.3 is 0 Å². The molecule has 4 nitrogen and oxygen atoms in total. The number of fused-ring (bicyclic) bond motifs is 2. The second-order valence-electron chi connectivity index (χ2n) is 7.56. The number of guanidine groups is 1. The van der Waals surface area contributed by atoms with E-state index in [2.05, 4.69) is 47.9 Å². The highest BCUT2D eigenvalue weighted by Gasteiger charge is 2.41. The van der Waals surface area contributed by atoms with E-state index in [1.54, 1.807) is 0 Å². The first-order chi connectivity index (χ1) is 11.8. The zero-order chi connectivity index (χ0) is 16.4. The highest BCUT2D eigenvalue weighted by Crippen LogP contribution is 2.44. The van der Waals surface area contributed by atoms with Crippen molar-refractivity contribution in [2.24, 2.45) is 4.99 Å². The molecule has 0 radical (unpaired) electrons. The Bertz CT molecular complexity index is 588. The van der Waals surface area contributed by atoms with Gasteiger partial charge < -0.3 is 15.4 Å². The lowest BCUT2D eigenvalue weighted by Gasteiger charge is -2.41. The van der Waals surface area contributed by atoms with Gasteiger partial charge in [-0.2, -0.15) is 0 Å². The molecule has 2 heterocycles. The maximum atomic E-state index is 5.97. The van der Waals surface area contributed by atoms with E-state index in [1.165, 1.54) is 37.7 Å². The lowest BCUT2D eigenvalue weighted by atomic mass is 9.64. The normalized spacial score (nSPS) is 29.6. The fraction of sp³-hybridized carbons (Fsp3) is 0.650. The summed E-state index contributed by atoms with van der Waals surface area (Å²) in [7, 11) is 0. The minimum Gasteiger partial charge on any atom is -0.373 e. The second-order valence-corrected chi connectivity index (χ2v) is 7.56. The van der Waals surface area contributed by atoms with Crippen LogP contribution >= 0.6 is 24.0 Å². The summed E-state index contributed by atoms with van der Waals surface area (Å²) in [5.74, 6) is 0.959. The van der Waals surface area contributed by atoms with Gasteiger partial charge in [0, 0.05) is 12.0 Å². The molecular weight excluding hydrogens is 425 g/mol. The Morgan fingerprint density at radius 3 is 2.60 bits per heavy atom. The van der Waals surface area contributed by atoms with Crippen molar-refractivity contribution >= 4 is 29.9 Å². The molecule has 2 bridgehead atoms. The van der Waals surface area contributed by atoms with Crippen LogP contribution in [0.3, 0.4) is 0 Å². The van der Waals surface area contributed by atoms with Gasteiger partial charge in [0.1, 0.15) is 0 Å². The van der Waals surface area contributed by atoms with E-state index < -0.39 is 0 Å². The van der Waals surface area contributed by atoms with Crippen LogP contribution in [0.15, 0.2) is 35.3 Å². The Labute approximate surface area is 168 Å². The van der Waals surface area contributed by atoms with Crippen LogP contribution < -0.4 is 10.6 Å². The number of hydrogen-bond acceptors (Lipinski definition) is 2. The molecule has 4 rings (SSSR count). The van der Waals surface area contributed by atoms with Crippen molar-refractivity contribution < 1.29 is 4.74 Å². The van der Waals surface area contributed by atoms with Gasteiger partial charge in [-0.05, 0) is 44.6 Å². The van der Waals surface area contributed by atoms with Gasteiger partial charge in [-0.1, -0.05) is 36.8 Å². The van der Waals surface area contributed by atoms with Crippen molar-refractivity contribution in [3.8, 4) is 0 Å². The maximum absolute atomic E-state index is 5.97. The van der Waals surface area contributed by atoms with Crippen molar-refractivity contribution in [2.45, 2.75) is 69.1 Å². The number of hydrogen-bond donors (Lipinski definition) is 2. The minimum absolute atomic E-state index is 0. The molecule has 1 aromatic rings. The summed E-state index contributed by atoms with van der Waals surface area (Å²) in [6, 6.07) is 11.3. The molecule has 0 spiro atoms. The molecule has 1 aromatic carbocycles. The van der Waals surface area contributed by atoms with Crippen LogP contribution in [0.4, 0.5) is 0 Å². The van der Waals surface area contributed by atoms with Crippen molar-refractivity contribution in [1.29, 1.82) is 0 Å². The third-order valence-corrected chi connectivity index (χ3v) is 6.01. The summed E-state index contributed by atoms with van der Waals surface area (Å²) < 4.78 is 5.97. The van der Waals surface area contributed by atoms with Crippen LogP contribution in [0.5, 0.6) is 0 Å². The standard InChI is InChI=1S/C20H29N3O.HI/c1-2-21-19(23-17-13-16-9-10-18(17)24-16)22-14-20(11-6-12-20)15-7-4-3-5-8-15;/h3-5,7-8,16-18H,2,6,9-14H2,1H3,(H2,21,22,23);1H. The summed E-state index contributed by atoms with van der Waals surface area (Å²) in [6.07, 6.45) is 8.20. The molecule has 2 N–H and O–H groups in total. The third-order valence-electron chi connectivity index (χ3n) is 6.01. The Morgan fingerprint density at radius 2 is 2.04 bits per heavy atom. The topological polar surface area (TPSA) is 45.7 Å². The molecule has 138 valence electrons. The summed E-state index contributed by atoms with van der Waals surface area (Å²) in [5.41, 5.74) is 1.69. The number of halogens is 1. The van der Waals surface area contributed by atoms with E-state index in [0.717, 1.165) is 25.5 Å². The van der Waals surface area contributed by atoms with Crippen LogP contribution in [-0.2, 0) is 10.2 Å². The zero-order valence-electron chi connectivity index (χ0n) is 15.0. The molecule has 2 aliphatic heterocycles. The number of ether oxygens (including phenoxy) is 1. The van der Waals surface area contributed by atoms with Crippen LogP contribution in [0.2, 0.25) is 0 Å². The van der Waals surface area contributed by atoms with Gasteiger partial charge in [0.15, 0.2) is 5.96 Å². The van der Waals surface area contributed by atoms with E-state index in [4.69, 9.17) is 9.73 Å². The maximum Gasteiger partial charge on any atom is 0.191 e. The van der Waals surface area contributed by atoms with Crippen molar-refractivity contribution in [3.05, 3.63) is 35.9 Å². The van der Waals surface area contributed by atoms with E-state index >= 15 is 0 Å². The molecule has 5 heteroatoms. The second kappa shape index (κ2) is 8.25. The molecule has 2 saturated heterocycles. The predicted molar refractivity (Wildman–Crippen MR) is 113 cm³/mol. The monoisotopic (exact) mass is 455 g/mol. The quantitative estimate of drug-likeness (QED) is 0.405. The van der Waals surface area contributed by atoms with E-state index in [-0.39, 0.29) is 29.4 Å². The SMILES string of the molecule is CCNC(=NCC1(c2ccccc2)CCC1)NC1CC2CCC1O2.I. The highest BCUT2D eigenvalue weighted by atomic mass is 127. The number of nitrogens with zero attached hydrogens (tertiary/aromatic N) is 1. The van der Waals surface area contributed by atoms with E-state index in [9.17, 15) is 0 Å². The Kier molecular flexibility index (Phi) is 6.25. The molecule has 0 amide bonds. The van der Waals surface area contributed by atoms with Gasteiger partial charge in [0.2, 0.25) is 0 Å². The van der Waals surface area contributed by atoms with Crippen LogP contribution in [-0.4, -0.2) is 37.3 Å². The first-order valence-electron chi connectivity index (χ1n) is 9.55. The first-order valence-corrected chi connectivity index (χ1v) is 9.55.